The van der Waals surface area contributed by atoms with Gasteiger partial charge >= 0.3 is 0 Å². The minimum atomic E-state index is -0.244. The molecule has 0 bridgehead atoms. The van der Waals surface area contributed by atoms with Crippen LogP contribution in [0.1, 0.15) is 36.3 Å². The van der Waals surface area contributed by atoms with Crippen molar-refractivity contribution in [3.63, 3.8) is 0 Å². The number of nitrogen functional groups attached to an aromatic ring is 1. The fraction of sp³-hybridized carbons (Fsp3) is 0.192. The van der Waals surface area contributed by atoms with E-state index in [4.69, 9.17) is 22.3 Å². The van der Waals surface area contributed by atoms with E-state index in [2.05, 4.69) is 0 Å². The van der Waals surface area contributed by atoms with E-state index >= 15 is 0 Å². The first kappa shape index (κ1) is 21.6. The number of aromatic nitrogens is 2. The summed E-state index contributed by atoms with van der Waals surface area (Å²) >= 11 is 7.38. The lowest BCUT2D eigenvalue weighted by molar-refractivity contribution is 0.0909. The zero-order valence-corrected chi connectivity index (χ0v) is 19.8. The van der Waals surface area contributed by atoms with Gasteiger partial charge in [-0.1, -0.05) is 49.7 Å². The molecule has 0 spiro atoms. The second-order valence-corrected chi connectivity index (χ2v) is 10.4. The fourth-order valence-electron chi connectivity index (χ4n) is 4.36. The van der Waals surface area contributed by atoms with Crippen LogP contribution in [0.25, 0.3) is 27.5 Å². The number of nitrogens with two attached hydrogens (primary N) is 1. The van der Waals surface area contributed by atoms with E-state index in [1.807, 2.05) is 49.6 Å². The third-order valence-electron chi connectivity index (χ3n) is 5.94. The Labute approximate surface area is 200 Å². The van der Waals surface area contributed by atoms with Gasteiger partial charge in [0.15, 0.2) is 5.78 Å². The first-order valence-electron chi connectivity index (χ1n) is 10.6. The second kappa shape index (κ2) is 7.97. The van der Waals surface area contributed by atoms with Gasteiger partial charge in [0.2, 0.25) is 0 Å². The molecular weight excluding hydrogens is 454 g/mol. The molecule has 0 saturated heterocycles. The number of halogens is 1. The number of rotatable bonds is 3. The molecule has 33 heavy (non-hydrogen) atoms. The van der Waals surface area contributed by atoms with Crippen LogP contribution in [-0.4, -0.2) is 15.3 Å². The van der Waals surface area contributed by atoms with Crippen molar-refractivity contribution in [2.24, 2.45) is 5.41 Å². The Morgan fingerprint density at radius 2 is 1.76 bits per heavy atom. The number of nitrogens with zero attached hydrogens (tertiary/aromatic N) is 2. The molecule has 7 heteroatoms. The summed E-state index contributed by atoms with van der Waals surface area (Å²) in [4.78, 5) is 31.7. The van der Waals surface area contributed by atoms with E-state index < -0.39 is 0 Å². The molecule has 5 rings (SSSR count). The van der Waals surface area contributed by atoms with Crippen molar-refractivity contribution in [3.8, 4) is 27.5 Å². The van der Waals surface area contributed by atoms with Crippen molar-refractivity contribution in [1.82, 2.24) is 9.55 Å². The van der Waals surface area contributed by atoms with Crippen LogP contribution in [0.15, 0.2) is 64.8 Å². The lowest BCUT2D eigenvalue weighted by Crippen LogP contribution is -2.35. The Kier molecular flexibility index (Phi) is 5.22. The number of carbonyl (C=O) groups is 1. The number of anilines is 1. The lowest BCUT2D eigenvalue weighted by atomic mass is 9.75. The van der Waals surface area contributed by atoms with Crippen LogP contribution in [0, 0.1) is 5.41 Å². The van der Waals surface area contributed by atoms with Crippen molar-refractivity contribution in [2.45, 2.75) is 26.7 Å². The van der Waals surface area contributed by atoms with Gasteiger partial charge < -0.3 is 5.73 Å². The molecule has 0 atom stereocenters. The normalized spacial score (nSPS) is 14.8. The Bertz CT molecular complexity index is 1450. The van der Waals surface area contributed by atoms with Crippen molar-refractivity contribution in [3.05, 3.63) is 86.6 Å². The lowest BCUT2D eigenvalue weighted by Gasteiger charge is -2.32. The van der Waals surface area contributed by atoms with Crippen molar-refractivity contribution >= 4 is 34.4 Å². The summed E-state index contributed by atoms with van der Waals surface area (Å²) in [5, 5.41) is 3.12. The number of carbonyl (C=O) groups excluding carboxylic acids is 1. The predicted octanol–water partition coefficient (Wildman–Crippen LogP) is 6.02. The fourth-order valence-corrected chi connectivity index (χ4v) is 5.33. The molecule has 2 aromatic carbocycles. The van der Waals surface area contributed by atoms with E-state index in [1.165, 1.54) is 11.3 Å². The molecule has 0 amide bonds. The van der Waals surface area contributed by atoms with Gasteiger partial charge in [-0.05, 0) is 42.2 Å². The maximum Gasteiger partial charge on any atom is 0.265 e. The Balaban J connectivity index is 1.74. The van der Waals surface area contributed by atoms with Gasteiger partial charge in [-0.25, -0.2) is 4.98 Å². The van der Waals surface area contributed by atoms with Gasteiger partial charge in [-0.2, -0.15) is 0 Å². The molecule has 166 valence electrons. The highest BCUT2D eigenvalue weighted by Crippen LogP contribution is 2.37. The van der Waals surface area contributed by atoms with Crippen molar-refractivity contribution in [1.29, 1.82) is 0 Å². The summed E-state index contributed by atoms with van der Waals surface area (Å²) in [7, 11) is 0. The molecule has 0 unspecified atom stereocenters. The molecule has 2 N–H and O–H groups in total. The quantitative estimate of drug-likeness (QED) is 0.367. The summed E-state index contributed by atoms with van der Waals surface area (Å²) in [5.74, 6) is 0.0280. The number of para-hydroxylation sites is 2. The summed E-state index contributed by atoms with van der Waals surface area (Å²) < 4.78 is 1.61. The first-order chi connectivity index (χ1) is 15.7. The van der Waals surface area contributed by atoms with Crippen LogP contribution in [0.5, 0.6) is 0 Å². The van der Waals surface area contributed by atoms with Crippen LogP contribution >= 0.6 is 22.9 Å². The standard InChI is InChI=1S/C26H22ClN3O2S/c1-26(2)12-22-17(23(31)13-26)11-18(25(32)30(22)21-6-4-3-5-19(21)28)24-29-20(14-33-24)15-7-9-16(27)10-8-15/h3-11,14H,12-13,28H2,1-2H3. The number of pyridine rings is 1. The molecular formula is C26H22ClN3O2S. The maximum absolute atomic E-state index is 13.8. The SMILES string of the molecule is CC1(C)CC(=O)c2cc(-c3nc(-c4ccc(Cl)cc4)cs3)c(=O)n(-c3ccccc3N)c2C1. The van der Waals surface area contributed by atoms with Gasteiger partial charge in [0.1, 0.15) is 5.01 Å². The van der Waals surface area contributed by atoms with Crippen LogP contribution in [0.2, 0.25) is 5.02 Å². The van der Waals surface area contributed by atoms with Crippen molar-refractivity contribution in [2.75, 3.05) is 5.73 Å². The van der Waals surface area contributed by atoms with Gasteiger partial charge in [-0.15, -0.1) is 11.3 Å². The average Bonchev–Trinajstić information content (AvgIpc) is 3.24. The highest BCUT2D eigenvalue weighted by molar-refractivity contribution is 7.13. The Hall–Kier alpha value is -3.22. The molecule has 2 aromatic heterocycles. The molecule has 1 aliphatic rings. The highest BCUT2D eigenvalue weighted by atomic mass is 35.5. The minimum absolute atomic E-state index is 0.0280. The molecule has 2 heterocycles. The number of benzene rings is 2. The van der Waals surface area contributed by atoms with E-state index in [-0.39, 0.29) is 16.8 Å². The molecule has 4 aromatic rings. The zero-order valence-electron chi connectivity index (χ0n) is 18.3. The second-order valence-electron chi connectivity index (χ2n) is 9.10. The third-order valence-corrected chi connectivity index (χ3v) is 7.07. The maximum atomic E-state index is 13.8. The third kappa shape index (κ3) is 3.90. The summed E-state index contributed by atoms with van der Waals surface area (Å²) in [6.45, 7) is 4.09. The monoisotopic (exact) mass is 475 g/mol. The predicted molar refractivity (Wildman–Crippen MR) is 134 cm³/mol. The first-order valence-corrected chi connectivity index (χ1v) is 11.9. The average molecular weight is 476 g/mol. The summed E-state index contributed by atoms with van der Waals surface area (Å²) in [6, 6.07) is 16.4. The van der Waals surface area contributed by atoms with Gasteiger partial charge in [0.05, 0.1) is 22.6 Å². The Morgan fingerprint density at radius 3 is 2.48 bits per heavy atom. The largest absolute Gasteiger partial charge is 0.397 e. The van der Waals surface area contributed by atoms with Crippen molar-refractivity contribution < 1.29 is 4.79 Å². The van der Waals surface area contributed by atoms with E-state index in [1.54, 1.807) is 28.8 Å². The number of Topliss-reactive ketones (excluding diaryl/α,β-unsaturated/α-hetero) is 1. The van der Waals surface area contributed by atoms with Crippen LogP contribution in [-0.2, 0) is 6.42 Å². The molecule has 5 nitrogen and oxygen atoms in total. The molecule has 0 aliphatic heterocycles. The number of hydrogen-bond donors (Lipinski definition) is 1. The summed E-state index contributed by atoms with van der Waals surface area (Å²) in [6.07, 6.45) is 1.03. The number of ketones is 1. The van der Waals surface area contributed by atoms with Crippen LogP contribution in [0.4, 0.5) is 5.69 Å². The number of thiazole rings is 1. The number of fused-ring (bicyclic) bond motifs is 1. The van der Waals surface area contributed by atoms with Crippen LogP contribution in [0.3, 0.4) is 0 Å². The molecule has 1 aliphatic carbocycles. The minimum Gasteiger partial charge on any atom is -0.397 e. The highest BCUT2D eigenvalue weighted by Gasteiger charge is 2.35. The Morgan fingerprint density at radius 1 is 1.03 bits per heavy atom. The van der Waals surface area contributed by atoms with E-state index in [0.717, 1.165) is 11.3 Å². The molecule has 0 saturated carbocycles. The van der Waals surface area contributed by atoms with E-state index in [0.29, 0.717) is 51.1 Å². The molecule has 0 fully saturated rings. The molecule has 0 radical (unpaired) electrons. The van der Waals surface area contributed by atoms with Gasteiger partial charge in [0, 0.05) is 33.6 Å². The van der Waals surface area contributed by atoms with Gasteiger partial charge in [0.25, 0.3) is 5.56 Å². The zero-order chi connectivity index (χ0) is 23.3. The van der Waals surface area contributed by atoms with Gasteiger partial charge in [-0.3, -0.25) is 14.2 Å². The van der Waals surface area contributed by atoms with E-state index in [9.17, 15) is 9.59 Å². The topological polar surface area (TPSA) is 78.0 Å². The van der Waals surface area contributed by atoms with Crippen LogP contribution < -0.4 is 11.3 Å². The number of hydrogen-bond acceptors (Lipinski definition) is 5. The smallest absolute Gasteiger partial charge is 0.265 e. The summed E-state index contributed by atoms with van der Waals surface area (Å²) in [5.41, 5.74) is 10.2.